The highest BCUT2D eigenvalue weighted by Gasteiger charge is 2.29. The zero-order valence-corrected chi connectivity index (χ0v) is 13.8. The Morgan fingerprint density at radius 1 is 1.40 bits per heavy atom. The molecule has 0 saturated carbocycles. The van der Waals surface area contributed by atoms with E-state index in [1.165, 1.54) is 0 Å². The number of hydrogen-bond acceptors (Lipinski definition) is 6. The molecule has 1 saturated heterocycles. The van der Waals surface area contributed by atoms with Crippen molar-refractivity contribution in [3.63, 3.8) is 0 Å². The van der Waals surface area contributed by atoms with Crippen molar-refractivity contribution < 1.29 is 18.8 Å². The first-order chi connectivity index (χ1) is 12.1. The van der Waals surface area contributed by atoms with Gasteiger partial charge in [-0.25, -0.2) is 0 Å². The summed E-state index contributed by atoms with van der Waals surface area (Å²) in [5.74, 6) is 1.55. The maximum atomic E-state index is 12.9. The van der Waals surface area contributed by atoms with Gasteiger partial charge in [-0.2, -0.15) is 4.98 Å². The first kappa shape index (κ1) is 15.6. The molecular formula is C17H18N4O4. The highest BCUT2D eigenvalue weighted by Crippen LogP contribution is 2.30. The minimum Gasteiger partial charge on any atom is -0.482 e. The van der Waals surface area contributed by atoms with E-state index < -0.39 is 0 Å². The monoisotopic (exact) mass is 342 g/mol. The molecule has 0 aliphatic carbocycles. The van der Waals surface area contributed by atoms with Crippen LogP contribution in [-0.2, 0) is 4.79 Å². The Bertz CT molecular complexity index is 832. The van der Waals surface area contributed by atoms with E-state index >= 15 is 0 Å². The van der Waals surface area contributed by atoms with Crippen LogP contribution in [-0.4, -0.2) is 46.6 Å². The lowest BCUT2D eigenvalue weighted by atomic mass is 9.96. The SMILES string of the molecule is Cc1nc(C2CCCN(C(=O)c3ccc4c(c3)OCC(=O)N4)C2)no1. The Morgan fingerprint density at radius 3 is 3.08 bits per heavy atom. The molecule has 2 aromatic rings. The van der Waals surface area contributed by atoms with Crippen molar-refractivity contribution in [3.05, 3.63) is 35.5 Å². The van der Waals surface area contributed by atoms with Crippen LogP contribution in [0.2, 0.25) is 0 Å². The van der Waals surface area contributed by atoms with E-state index in [4.69, 9.17) is 9.26 Å². The number of carbonyl (C=O) groups is 2. The molecule has 1 aromatic heterocycles. The molecule has 3 heterocycles. The van der Waals surface area contributed by atoms with E-state index in [0.717, 1.165) is 12.8 Å². The minimum absolute atomic E-state index is 0.0341. The lowest BCUT2D eigenvalue weighted by Gasteiger charge is -2.31. The molecule has 2 amide bonds. The van der Waals surface area contributed by atoms with Gasteiger partial charge in [0.15, 0.2) is 12.4 Å². The number of hydrogen-bond donors (Lipinski definition) is 1. The van der Waals surface area contributed by atoms with Crippen LogP contribution >= 0.6 is 0 Å². The first-order valence-corrected chi connectivity index (χ1v) is 8.26. The van der Waals surface area contributed by atoms with E-state index in [0.29, 0.717) is 41.8 Å². The molecule has 25 heavy (non-hydrogen) atoms. The molecule has 1 atom stereocenters. The summed E-state index contributed by atoms with van der Waals surface area (Å²) >= 11 is 0. The Labute approximate surface area is 144 Å². The summed E-state index contributed by atoms with van der Waals surface area (Å²) in [6.45, 7) is 2.98. The van der Waals surface area contributed by atoms with Crippen molar-refractivity contribution in [1.29, 1.82) is 0 Å². The van der Waals surface area contributed by atoms with Gasteiger partial charge in [0.25, 0.3) is 11.8 Å². The second-order valence-electron chi connectivity index (χ2n) is 6.31. The fourth-order valence-corrected chi connectivity index (χ4v) is 3.24. The highest BCUT2D eigenvalue weighted by atomic mass is 16.5. The van der Waals surface area contributed by atoms with E-state index in [2.05, 4.69) is 15.5 Å². The van der Waals surface area contributed by atoms with Crippen molar-refractivity contribution in [2.24, 2.45) is 0 Å². The molecule has 0 bridgehead atoms. The van der Waals surface area contributed by atoms with Gasteiger partial charge in [0.2, 0.25) is 5.89 Å². The number of piperidine rings is 1. The summed E-state index contributed by atoms with van der Waals surface area (Å²) in [7, 11) is 0. The Hall–Kier alpha value is -2.90. The van der Waals surface area contributed by atoms with Crippen LogP contribution in [0.5, 0.6) is 5.75 Å². The summed E-state index contributed by atoms with van der Waals surface area (Å²) < 4.78 is 10.4. The average molecular weight is 342 g/mol. The van der Waals surface area contributed by atoms with Crippen LogP contribution < -0.4 is 10.1 Å². The predicted octanol–water partition coefficient (Wildman–Crippen LogP) is 1.73. The van der Waals surface area contributed by atoms with E-state index in [-0.39, 0.29) is 24.3 Å². The normalized spacial score (nSPS) is 19.8. The number of aryl methyl sites for hydroxylation is 1. The Morgan fingerprint density at radius 2 is 2.28 bits per heavy atom. The van der Waals surface area contributed by atoms with Crippen molar-refractivity contribution in [2.45, 2.75) is 25.7 Å². The number of aromatic nitrogens is 2. The number of amides is 2. The predicted molar refractivity (Wildman–Crippen MR) is 87.5 cm³/mol. The number of benzene rings is 1. The number of fused-ring (bicyclic) bond motifs is 1. The third-order valence-electron chi connectivity index (χ3n) is 4.48. The lowest BCUT2D eigenvalue weighted by Crippen LogP contribution is -2.39. The van der Waals surface area contributed by atoms with Gasteiger partial charge in [-0.1, -0.05) is 5.16 Å². The van der Waals surface area contributed by atoms with Crippen molar-refractivity contribution in [2.75, 3.05) is 25.0 Å². The maximum Gasteiger partial charge on any atom is 0.262 e. The second-order valence-corrected chi connectivity index (χ2v) is 6.31. The second kappa shape index (κ2) is 6.19. The van der Waals surface area contributed by atoms with E-state index in [9.17, 15) is 9.59 Å². The summed E-state index contributed by atoms with van der Waals surface area (Å²) in [4.78, 5) is 30.3. The topological polar surface area (TPSA) is 97.6 Å². The number of ether oxygens (including phenoxy) is 1. The van der Waals surface area contributed by atoms with Crippen LogP contribution in [0, 0.1) is 6.92 Å². The molecule has 8 heteroatoms. The maximum absolute atomic E-state index is 12.9. The number of anilines is 1. The largest absolute Gasteiger partial charge is 0.482 e. The standard InChI is InChI=1S/C17H18N4O4/c1-10-18-16(20-25-10)12-3-2-6-21(8-12)17(23)11-4-5-13-14(7-11)24-9-15(22)19-13/h4-5,7,12H,2-3,6,8-9H2,1H3,(H,19,22). The zero-order chi connectivity index (χ0) is 17.4. The summed E-state index contributed by atoms with van der Waals surface area (Å²) in [5, 5.41) is 6.71. The molecule has 1 aromatic carbocycles. The molecule has 2 aliphatic heterocycles. The molecule has 1 N–H and O–H groups in total. The summed E-state index contributed by atoms with van der Waals surface area (Å²) in [5.41, 5.74) is 1.13. The number of likely N-dealkylation sites (tertiary alicyclic amines) is 1. The first-order valence-electron chi connectivity index (χ1n) is 8.26. The zero-order valence-electron chi connectivity index (χ0n) is 13.8. The van der Waals surface area contributed by atoms with Crippen LogP contribution in [0.4, 0.5) is 5.69 Å². The van der Waals surface area contributed by atoms with Crippen LogP contribution in [0.1, 0.15) is 40.8 Å². The number of nitrogens with zero attached hydrogens (tertiary/aromatic N) is 3. The third-order valence-corrected chi connectivity index (χ3v) is 4.48. The van der Waals surface area contributed by atoms with Crippen LogP contribution in [0.25, 0.3) is 0 Å². The van der Waals surface area contributed by atoms with Gasteiger partial charge in [0.05, 0.1) is 5.69 Å². The van der Waals surface area contributed by atoms with Gasteiger partial charge in [-0.15, -0.1) is 0 Å². The Balaban J connectivity index is 1.51. The van der Waals surface area contributed by atoms with Gasteiger partial charge in [0.1, 0.15) is 5.75 Å². The molecule has 2 aliphatic rings. The Kier molecular flexibility index (Phi) is 3.87. The quantitative estimate of drug-likeness (QED) is 0.892. The smallest absolute Gasteiger partial charge is 0.262 e. The average Bonchev–Trinajstić information content (AvgIpc) is 3.07. The number of carbonyl (C=O) groups excluding carboxylic acids is 2. The molecule has 1 fully saturated rings. The molecule has 8 nitrogen and oxygen atoms in total. The molecule has 130 valence electrons. The van der Waals surface area contributed by atoms with E-state index in [1.807, 2.05) is 4.90 Å². The number of nitrogens with one attached hydrogen (secondary N) is 1. The van der Waals surface area contributed by atoms with Crippen molar-refractivity contribution in [1.82, 2.24) is 15.0 Å². The number of rotatable bonds is 2. The third kappa shape index (κ3) is 3.07. The van der Waals surface area contributed by atoms with Gasteiger partial charge >= 0.3 is 0 Å². The molecule has 0 radical (unpaired) electrons. The summed E-state index contributed by atoms with van der Waals surface area (Å²) in [6.07, 6.45) is 1.82. The highest BCUT2D eigenvalue weighted by molar-refractivity contribution is 5.99. The minimum atomic E-state index is -0.194. The van der Waals surface area contributed by atoms with Crippen molar-refractivity contribution >= 4 is 17.5 Å². The molecular weight excluding hydrogens is 324 g/mol. The van der Waals surface area contributed by atoms with Gasteiger partial charge in [-0.05, 0) is 31.0 Å². The molecule has 1 unspecified atom stereocenters. The van der Waals surface area contributed by atoms with Gasteiger partial charge in [-0.3, -0.25) is 9.59 Å². The molecule has 0 spiro atoms. The van der Waals surface area contributed by atoms with E-state index in [1.54, 1.807) is 25.1 Å². The van der Waals surface area contributed by atoms with Gasteiger partial charge in [0, 0.05) is 31.5 Å². The van der Waals surface area contributed by atoms with Crippen LogP contribution in [0.3, 0.4) is 0 Å². The molecule has 4 rings (SSSR count). The fourth-order valence-electron chi connectivity index (χ4n) is 3.24. The van der Waals surface area contributed by atoms with Gasteiger partial charge < -0.3 is 19.5 Å². The summed E-state index contributed by atoms with van der Waals surface area (Å²) in [6, 6.07) is 5.08. The lowest BCUT2D eigenvalue weighted by molar-refractivity contribution is -0.118. The van der Waals surface area contributed by atoms with Crippen molar-refractivity contribution in [3.8, 4) is 5.75 Å². The van der Waals surface area contributed by atoms with Crippen LogP contribution in [0.15, 0.2) is 22.7 Å². The fraction of sp³-hybridized carbons (Fsp3) is 0.412.